The molecule has 180 valence electrons. The molecule has 0 spiro atoms. The number of ketones is 1. The van der Waals surface area contributed by atoms with Crippen LogP contribution in [0.5, 0.6) is 17.2 Å². The Labute approximate surface area is 207 Å². The second kappa shape index (κ2) is 9.72. The van der Waals surface area contributed by atoms with E-state index in [2.05, 4.69) is 0 Å². The average Bonchev–Trinajstić information content (AvgIpc) is 3.11. The highest BCUT2D eigenvalue weighted by atomic mass is 35.5. The normalized spacial score (nSPS) is 17.2. The molecule has 7 nitrogen and oxygen atoms in total. The fourth-order valence-electron chi connectivity index (χ4n) is 4.03. The van der Waals surface area contributed by atoms with Gasteiger partial charge in [0.1, 0.15) is 11.5 Å². The molecule has 0 radical (unpaired) electrons. The number of amides is 1. The first-order valence-corrected chi connectivity index (χ1v) is 11.3. The Bertz CT molecular complexity index is 1300. The second-order valence-electron chi connectivity index (χ2n) is 8.25. The number of halogens is 1. The zero-order valence-electron chi connectivity index (χ0n) is 19.4. The molecule has 0 aromatic heterocycles. The lowest BCUT2D eigenvalue weighted by Gasteiger charge is -2.26. The van der Waals surface area contributed by atoms with Gasteiger partial charge in [-0.3, -0.25) is 14.5 Å². The minimum absolute atomic E-state index is 0.0202. The number of hydrogen-bond acceptors (Lipinski definition) is 6. The molecular formula is C27H24ClNO6. The number of Topliss-reactive ketones (excluding diaryl/α,β-unsaturated/α-hetero) is 1. The van der Waals surface area contributed by atoms with E-state index in [9.17, 15) is 19.8 Å². The predicted molar refractivity (Wildman–Crippen MR) is 133 cm³/mol. The number of aliphatic hydroxyl groups excluding tert-OH is 1. The van der Waals surface area contributed by atoms with Crippen molar-refractivity contribution in [1.29, 1.82) is 0 Å². The van der Waals surface area contributed by atoms with Crippen molar-refractivity contribution in [2.45, 2.75) is 26.0 Å². The summed E-state index contributed by atoms with van der Waals surface area (Å²) in [7, 11) is 1.37. The van der Waals surface area contributed by atoms with Gasteiger partial charge < -0.3 is 19.7 Å². The Morgan fingerprint density at radius 3 is 2.29 bits per heavy atom. The maximum Gasteiger partial charge on any atom is 0.300 e. The summed E-state index contributed by atoms with van der Waals surface area (Å²) in [4.78, 5) is 27.8. The molecule has 1 aliphatic rings. The van der Waals surface area contributed by atoms with Crippen LogP contribution in [0.1, 0.15) is 31.0 Å². The topological polar surface area (TPSA) is 96.3 Å². The molecule has 3 aromatic rings. The lowest BCUT2D eigenvalue weighted by Crippen LogP contribution is -2.29. The van der Waals surface area contributed by atoms with Crippen molar-refractivity contribution in [3.63, 3.8) is 0 Å². The van der Waals surface area contributed by atoms with E-state index in [-0.39, 0.29) is 34.0 Å². The van der Waals surface area contributed by atoms with Gasteiger partial charge in [0.15, 0.2) is 11.5 Å². The molecule has 4 rings (SSSR count). The highest BCUT2D eigenvalue weighted by molar-refractivity contribution is 6.51. The van der Waals surface area contributed by atoms with Crippen LogP contribution in [0, 0.1) is 0 Å². The molecule has 1 amide bonds. The Kier molecular flexibility index (Phi) is 6.71. The number of aliphatic hydroxyl groups is 1. The summed E-state index contributed by atoms with van der Waals surface area (Å²) in [5.41, 5.74) is 1.07. The first kappa shape index (κ1) is 24.2. The fourth-order valence-corrected chi connectivity index (χ4v) is 4.25. The van der Waals surface area contributed by atoms with Gasteiger partial charge in [-0.25, -0.2) is 0 Å². The lowest BCUT2D eigenvalue weighted by atomic mass is 9.94. The SMILES string of the molecule is COc1cc(C2/C(=C(\O)c3ccc(OC(C)C)cc3)C(=O)C(=O)N2c2ccccc2)cc(Cl)c1O. The molecule has 0 saturated carbocycles. The minimum atomic E-state index is -1.02. The van der Waals surface area contributed by atoms with Crippen LogP contribution in [0.2, 0.25) is 5.02 Å². The molecule has 1 atom stereocenters. The number of ether oxygens (including phenoxy) is 2. The summed E-state index contributed by atoms with van der Waals surface area (Å²) < 4.78 is 10.9. The van der Waals surface area contributed by atoms with E-state index < -0.39 is 17.7 Å². The van der Waals surface area contributed by atoms with Gasteiger partial charge in [-0.2, -0.15) is 0 Å². The second-order valence-corrected chi connectivity index (χ2v) is 8.66. The predicted octanol–water partition coefficient (Wildman–Crippen LogP) is 5.47. The largest absolute Gasteiger partial charge is 0.507 e. The third-order valence-corrected chi connectivity index (χ3v) is 5.85. The number of benzene rings is 3. The summed E-state index contributed by atoms with van der Waals surface area (Å²) in [6, 6.07) is 17.1. The molecule has 1 saturated heterocycles. The van der Waals surface area contributed by atoms with Crippen molar-refractivity contribution in [2.24, 2.45) is 0 Å². The number of carbonyl (C=O) groups is 2. The van der Waals surface area contributed by atoms with Crippen LogP contribution in [0.15, 0.2) is 72.3 Å². The van der Waals surface area contributed by atoms with Crippen molar-refractivity contribution in [3.8, 4) is 17.2 Å². The standard InChI is InChI=1S/C27H24ClNO6/c1-15(2)35-19-11-9-16(10-12-19)24(30)22-23(17-13-20(28)25(31)21(14-17)34-3)29(27(33)26(22)32)18-7-5-4-6-8-18/h4-15,23,30-31H,1-3H3/b24-22+. The van der Waals surface area contributed by atoms with Crippen molar-refractivity contribution in [3.05, 3.63) is 88.5 Å². The van der Waals surface area contributed by atoms with E-state index in [1.807, 2.05) is 13.8 Å². The Morgan fingerprint density at radius 1 is 1.03 bits per heavy atom. The van der Waals surface area contributed by atoms with Crippen LogP contribution in [-0.2, 0) is 9.59 Å². The van der Waals surface area contributed by atoms with E-state index in [4.69, 9.17) is 21.1 Å². The number of aromatic hydroxyl groups is 1. The zero-order chi connectivity index (χ0) is 25.3. The molecule has 1 heterocycles. The Hall–Kier alpha value is -3.97. The van der Waals surface area contributed by atoms with Gasteiger partial charge in [-0.05, 0) is 67.9 Å². The molecule has 0 bridgehead atoms. The molecule has 35 heavy (non-hydrogen) atoms. The van der Waals surface area contributed by atoms with E-state index in [0.717, 1.165) is 0 Å². The molecule has 0 aliphatic carbocycles. The third-order valence-electron chi connectivity index (χ3n) is 5.56. The fraction of sp³-hybridized carbons (Fsp3) is 0.185. The average molecular weight is 494 g/mol. The molecule has 8 heteroatoms. The van der Waals surface area contributed by atoms with Gasteiger partial charge in [-0.15, -0.1) is 0 Å². The first-order chi connectivity index (χ1) is 16.7. The maximum atomic E-state index is 13.3. The van der Waals surface area contributed by atoms with Crippen molar-refractivity contribution in [1.82, 2.24) is 0 Å². The van der Waals surface area contributed by atoms with Gasteiger partial charge in [0.2, 0.25) is 0 Å². The number of hydrogen-bond donors (Lipinski definition) is 2. The molecule has 1 fully saturated rings. The van der Waals surface area contributed by atoms with Gasteiger partial charge >= 0.3 is 0 Å². The summed E-state index contributed by atoms with van der Waals surface area (Å²) in [5, 5.41) is 21.4. The molecule has 1 aliphatic heterocycles. The molecule has 3 aromatic carbocycles. The smallest absolute Gasteiger partial charge is 0.300 e. The maximum absolute atomic E-state index is 13.3. The lowest BCUT2D eigenvalue weighted by molar-refractivity contribution is -0.132. The molecular weight excluding hydrogens is 470 g/mol. The van der Waals surface area contributed by atoms with Gasteiger partial charge in [0, 0.05) is 11.3 Å². The number of carbonyl (C=O) groups excluding carboxylic acids is 2. The van der Waals surface area contributed by atoms with E-state index in [0.29, 0.717) is 22.6 Å². The zero-order valence-corrected chi connectivity index (χ0v) is 20.1. The van der Waals surface area contributed by atoms with Crippen LogP contribution in [0.25, 0.3) is 5.76 Å². The van der Waals surface area contributed by atoms with Crippen molar-refractivity contribution < 1.29 is 29.3 Å². The summed E-state index contributed by atoms with van der Waals surface area (Å²) in [5.74, 6) is -1.58. The Balaban J connectivity index is 1.92. The minimum Gasteiger partial charge on any atom is -0.507 e. The van der Waals surface area contributed by atoms with Gasteiger partial charge in [0.25, 0.3) is 11.7 Å². The van der Waals surface area contributed by atoms with E-state index in [1.165, 1.54) is 24.1 Å². The highest BCUT2D eigenvalue weighted by Gasteiger charge is 2.47. The van der Waals surface area contributed by atoms with Crippen LogP contribution in [0.3, 0.4) is 0 Å². The quantitative estimate of drug-likeness (QED) is 0.268. The van der Waals surface area contributed by atoms with Crippen LogP contribution >= 0.6 is 11.6 Å². The number of anilines is 1. The summed E-state index contributed by atoms with van der Waals surface area (Å²) in [6.07, 6.45) is -0.0279. The number of phenols is 1. The summed E-state index contributed by atoms with van der Waals surface area (Å²) >= 11 is 6.24. The molecule has 2 N–H and O–H groups in total. The Morgan fingerprint density at radius 2 is 1.69 bits per heavy atom. The summed E-state index contributed by atoms with van der Waals surface area (Å²) in [6.45, 7) is 3.80. The van der Waals surface area contributed by atoms with Crippen LogP contribution in [0.4, 0.5) is 5.69 Å². The first-order valence-electron chi connectivity index (χ1n) is 10.9. The van der Waals surface area contributed by atoms with Gasteiger partial charge in [-0.1, -0.05) is 29.8 Å². The monoisotopic (exact) mass is 493 g/mol. The number of nitrogens with zero attached hydrogens (tertiary/aromatic N) is 1. The van der Waals surface area contributed by atoms with Crippen molar-refractivity contribution in [2.75, 3.05) is 12.0 Å². The van der Waals surface area contributed by atoms with Gasteiger partial charge in [0.05, 0.1) is 29.9 Å². The van der Waals surface area contributed by atoms with E-state index in [1.54, 1.807) is 54.6 Å². The number of methoxy groups -OCH3 is 1. The van der Waals surface area contributed by atoms with Crippen LogP contribution in [-0.4, -0.2) is 35.1 Å². The van der Waals surface area contributed by atoms with Crippen LogP contribution < -0.4 is 14.4 Å². The third kappa shape index (κ3) is 4.55. The molecule has 1 unspecified atom stereocenters. The van der Waals surface area contributed by atoms with E-state index >= 15 is 0 Å². The van der Waals surface area contributed by atoms with Crippen molar-refractivity contribution >= 4 is 34.7 Å². The number of phenolic OH excluding ortho intramolecular Hbond substituents is 1. The number of para-hydroxylation sites is 1. The number of rotatable bonds is 6. The highest BCUT2D eigenvalue weighted by Crippen LogP contribution is 2.45.